The number of benzene rings is 2. The average molecular weight is 378 g/mol. The molecule has 0 saturated heterocycles. The van der Waals surface area contributed by atoms with Crippen LogP contribution in [0.5, 0.6) is 11.5 Å². The molecule has 2 rings (SSSR count). The maximum atomic E-state index is 12.5. The van der Waals surface area contributed by atoms with Gasteiger partial charge in [0.05, 0.1) is 32.7 Å². The standard InChI is InChI=1S/C18H22N2O5S/c1-24-15-10-7-11-16(25-2)17(15)18(21)19-12-13-20(26(3,22)23)14-8-5-4-6-9-14/h4-11H,12-13H2,1-3H3,(H,19,21). The number of carbonyl (C=O) groups is 1. The third-order valence-electron chi connectivity index (χ3n) is 3.70. The van der Waals surface area contributed by atoms with E-state index in [1.54, 1.807) is 48.5 Å². The normalized spacial score (nSPS) is 10.9. The first-order valence-corrected chi connectivity index (χ1v) is 9.75. The first-order valence-electron chi connectivity index (χ1n) is 7.90. The molecule has 8 heteroatoms. The Hall–Kier alpha value is -2.74. The molecule has 0 bridgehead atoms. The second-order valence-corrected chi connectivity index (χ2v) is 7.37. The number of nitrogens with zero attached hydrogens (tertiary/aromatic N) is 1. The Morgan fingerprint density at radius 3 is 2.08 bits per heavy atom. The smallest absolute Gasteiger partial charge is 0.258 e. The average Bonchev–Trinajstić information content (AvgIpc) is 2.63. The van der Waals surface area contributed by atoms with Crippen LogP contribution in [0.15, 0.2) is 48.5 Å². The first-order chi connectivity index (χ1) is 12.4. The fourth-order valence-corrected chi connectivity index (χ4v) is 3.44. The maximum absolute atomic E-state index is 12.5. The van der Waals surface area contributed by atoms with Gasteiger partial charge in [-0.1, -0.05) is 24.3 Å². The maximum Gasteiger partial charge on any atom is 0.258 e. The Bertz CT molecular complexity index is 831. The van der Waals surface area contributed by atoms with E-state index in [0.29, 0.717) is 17.2 Å². The predicted octanol–water partition coefficient (Wildman–Crippen LogP) is 1.90. The number of rotatable bonds is 8. The minimum absolute atomic E-state index is 0.103. The van der Waals surface area contributed by atoms with Gasteiger partial charge in [0.15, 0.2) is 0 Å². The zero-order chi connectivity index (χ0) is 19.2. The van der Waals surface area contributed by atoms with Crippen LogP contribution in [0, 0.1) is 0 Å². The van der Waals surface area contributed by atoms with E-state index in [9.17, 15) is 13.2 Å². The predicted molar refractivity (Wildman–Crippen MR) is 101 cm³/mol. The minimum Gasteiger partial charge on any atom is -0.496 e. The van der Waals surface area contributed by atoms with Crippen molar-refractivity contribution in [3.05, 3.63) is 54.1 Å². The zero-order valence-corrected chi connectivity index (χ0v) is 15.7. The molecule has 7 nitrogen and oxygen atoms in total. The van der Waals surface area contributed by atoms with E-state index in [2.05, 4.69) is 5.32 Å². The molecule has 0 unspecified atom stereocenters. The third-order valence-corrected chi connectivity index (χ3v) is 4.89. The molecule has 2 aromatic carbocycles. The van der Waals surface area contributed by atoms with Gasteiger partial charge >= 0.3 is 0 Å². The van der Waals surface area contributed by atoms with Gasteiger partial charge in [-0.05, 0) is 24.3 Å². The van der Waals surface area contributed by atoms with Crippen LogP contribution in [0.2, 0.25) is 0 Å². The van der Waals surface area contributed by atoms with Crippen molar-refractivity contribution in [2.45, 2.75) is 0 Å². The lowest BCUT2D eigenvalue weighted by molar-refractivity contribution is 0.0948. The number of amides is 1. The number of nitrogens with one attached hydrogen (secondary N) is 1. The summed E-state index contributed by atoms with van der Waals surface area (Å²) in [7, 11) is -0.544. The largest absolute Gasteiger partial charge is 0.496 e. The molecule has 0 fully saturated rings. The first kappa shape index (κ1) is 19.6. The summed E-state index contributed by atoms with van der Waals surface area (Å²) in [6, 6.07) is 13.7. The Labute approximate surface area is 153 Å². The number of ether oxygens (including phenoxy) is 2. The van der Waals surface area contributed by atoms with Crippen LogP contribution in [0.25, 0.3) is 0 Å². The summed E-state index contributed by atoms with van der Waals surface area (Å²) in [5.41, 5.74) is 0.808. The summed E-state index contributed by atoms with van der Waals surface area (Å²) in [6.45, 7) is 0.230. The van der Waals surface area contributed by atoms with Crippen LogP contribution in [-0.4, -0.2) is 47.9 Å². The number of anilines is 1. The van der Waals surface area contributed by atoms with E-state index in [0.717, 1.165) is 6.26 Å². The molecule has 1 amide bonds. The lowest BCUT2D eigenvalue weighted by Gasteiger charge is -2.22. The molecule has 2 aromatic rings. The second-order valence-electron chi connectivity index (χ2n) is 5.46. The van der Waals surface area contributed by atoms with Gasteiger partial charge in [-0.15, -0.1) is 0 Å². The third kappa shape index (κ3) is 4.66. The summed E-state index contributed by atoms with van der Waals surface area (Å²) in [5, 5.41) is 2.72. The molecule has 0 aliphatic rings. The quantitative estimate of drug-likeness (QED) is 0.758. The van der Waals surface area contributed by atoms with Crippen LogP contribution >= 0.6 is 0 Å². The van der Waals surface area contributed by atoms with Gasteiger partial charge in [-0.25, -0.2) is 8.42 Å². The molecular weight excluding hydrogens is 356 g/mol. The lowest BCUT2D eigenvalue weighted by Crippen LogP contribution is -2.38. The molecular formula is C18H22N2O5S. The Kier molecular flexibility index (Phi) is 6.46. The SMILES string of the molecule is COc1cccc(OC)c1C(=O)NCCN(c1ccccc1)S(C)(=O)=O. The van der Waals surface area contributed by atoms with E-state index in [1.165, 1.54) is 18.5 Å². The molecule has 140 valence electrons. The lowest BCUT2D eigenvalue weighted by atomic mass is 10.1. The highest BCUT2D eigenvalue weighted by Crippen LogP contribution is 2.27. The fourth-order valence-electron chi connectivity index (χ4n) is 2.52. The van der Waals surface area contributed by atoms with Gasteiger partial charge in [0.25, 0.3) is 5.91 Å². The highest BCUT2D eigenvalue weighted by molar-refractivity contribution is 7.92. The van der Waals surface area contributed by atoms with Gasteiger partial charge in [0.1, 0.15) is 17.1 Å². The molecule has 0 aromatic heterocycles. The molecule has 0 radical (unpaired) electrons. The monoisotopic (exact) mass is 378 g/mol. The molecule has 26 heavy (non-hydrogen) atoms. The molecule has 0 atom stereocenters. The molecule has 0 aliphatic carbocycles. The summed E-state index contributed by atoms with van der Waals surface area (Å²) < 4.78 is 35.8. The van der Waals surface area contributed by atoms with Crippen LogP contribution in [-0.2, 0) is 10.0 Å². The van der Waals surface area contributed by atoms with Gasteiger partial charge < -0.3 is 14.8 Å². The van der Waals surface area contributed by atoms with E-state index in [1.807, 2.05) is 0 Å². The van der Waals surface area contributed by atoms with Crippen LogP contribution in [0.4, 0.5) is 5.69 Å². The van der Waals surface area contributed by atoms with E-state index >= 15 is 0 Å². The van der Waals surface area contributed by atoms with E-state index in [4.69, 9.17) is 9.47 Å². The number of sulfonamides is 1. The van der Waals surface area contributed by atoms with E-state index in [-0.39, 0.29) is 18.7 Å². The molecule has 1 N–H and O–H groups in total. The highest BCUT2D eigenvalue weighted by Gasteiger charge is 2.20. The van der Waals surface area contributed by atoms with Gasteiger partial charge in [-0.2, -0.15) is 0 Å². The van der Waals surface area contributed by atoms with Crippen molar-refractivity contribution in [3.63, 3.8) is 0 Å². The van der Waals surface area contributed by atoms with E-state index < -0.39 is 15.9 Å². The van der Waals surface area contributed by atoms with Gasteiger partial charge in [0.2, 0.25) is 10.0 Å². The molecule has 0 heterocycles. The van der Waals surface area contributed by atoms with Crippen molar-refractivity contribution >= 4 is 21.6 Å². The second kappa shape index (κ2) is 8.57. The number of para-hydroxylation sites is 1. The number of methoxy groups -OCH3 is 2. The van der Waals surface area contributed by atoms with Crippen molar-refractivity contribution in [3.8, 4) is 11.5 Å². The van der Waals surface area contributed by atoms with Crippen LogP contribution in [0.1, 0.15) is 10.4 Å². The number of hydrogen-bond donors (Lipinski definition) is 1. The Balaban J connectivity index is 2.12. The van der Waals surface area contributed by atoms with Crippen molar-refractivity contribution in [1.82, 2.24) is 5.32 Å². The summed E-state index contributed by atoms with van der Waals surface area (Å²) >= 11 is 0. The summed E-state index contributed by atoms with van der Waals surface area (Å²) in [4.78, 5) is 12.5. The number of carbonyl (C=O) groups excluding carboxylic acids is 1. The Morgan fingerprint density at radius 1 is 1.00 bits per heavy atom. The van der Waals surface area contributed by atoms with Gasteiger partial charge in [0, 0.05) is 6.54 Å². The number of hydrogen-bond acceptors (Lipinski definition) is 5. The van der Waals surface area contributed by atoms with Crippen LogP contribution in [0.3, 0.4) is 0 Å². The Morgan fingerprint density at radius 2 is 1.58 bits per heavy atom. The summed E-state index contributed by atoms with van der Waals surface area (Å²) in [6.07, 6.45) is 1.13. The molecule has 0 aliphatic heterocycles. The molecule has 0 spiro atoms. The van der Waals surface area contributed by atoms with Gasteiger partial charge in [-0.3, -0.25) is 9.10 Å². The van der Waals surface area contributed by atoms with Crippen molar-refractivity contribution < 1.29 is 22.7 Å². The minimum atomic E-state index is -3.47. The van der Waals surface area contributed by atoms with Crippen molar-refractivity contribution in [1.29, 1.82) is 0 Å². The van der Waals surface area contributed by atoms with Crippen molar-refractivity contribution in [2.24, 2.45) is 0 Å². The fraction of sp³-hybridized carbons (Fsp3) is 0.278. The zero-order valence-electron chi connectivity index (χ0n) is 14.9. The van der Waals surface area contributed by atoms with Crippen molar-refractivity contribution in [2.75, 3.05) is 37.9 Å². The summed E-state index contributed by atoms with van der Waals surface area (Å²) in [5.74, 6) is 0.357. The van der Waals surface area contributed by atoms with Crippen LogP contribution < -0.4 is 19.1 Å². The highest BCUT2D eigenvalue weighted by atomic mass is 32.2. The topological polar surface area (TPSA) is 84.9 Å². The molecule has 0 saturated carbocycles.